The van der Waals surface area contributed by atoms with Gasteiger partial charge in [0.2, 0.25) is 0 Å². The van der Waals surface area contributed by atoms with E-state index in [0.29, 0.717) is 5.92 Å². The molecule has 4 rings (SSSR count). The van der Waals surface area contributed by atoms with Crippen molar-refractivity contribution in [1.29, 1.82) is 0 Å². The minimum absolute atomic E-state index is 0.510. The lowest BCUT2D eigenvalue weighted by Gasteiger charge is -2.22. The molecule has 1 fully saturated rings. The Kier molecular flexibility index (Phi) is 4.38. The average molecular weight is 320 g/mol. The summed E-state index contributed by atoms with van der Waals surface area (Å²) in [5.74, 6) is 1.43. The summed E-state index contributed by atoms with van der Waals surface area (Å²) in [5.41, 5.74) is 2.22. The summed E-state index contributed by atoms with van der Waals surface area (Å²) in [6, 6.07) is 14.6. The Bertz CT molecular complexity index is 814. The minimum Gasteiger partial charge on any atom is -0.493 e. The van der Waals surface area contributed by atoms with Crippen molar-refractivity contribution in [1.82, 2.24) is 10.2 Å². The van der Waals surface area contributed by atoms with Gasteiger partial charge >= 0.3 is 0 Å². The summed E-state index contributed by atoms with van der Waals surface area (Å²) in [4.78, 5) is 0. The van der Waals surface area contributed by atoms with Gasteiger partial charge in [0.25, 0.3) is 0 Å². The molecular weight excluding hydrogens is 300 g/mol. The van der Waals surface area contributed by atoms with Crippen LogP contribution < -0.4 is 4.74 Å². The first-order chi connectivity index (χ1) is 11.9. The van der Waals surface area contributed by atoms with Gasteiger partial charge in [-0.15, -0.1) is 0 Å². The van der Waals surface area contributed by atoms with Crippen LogP contribution in [0.2, 0.25) is 0 Å². The Morgan fingerprint density at radius 2 is 1.92 bits per heavy atom. The largest absolute Gasteiger partial charge is 0.493 e. The molecule has 1 aliphatic heterocycles. The Hall–Kier alpha value is -2.46. The molecule has 0 amide bonds. The van der Waals surface area contributed by atoms with E-state index < -0.39 is 0 Å². The summed E-state index contributed by atoms with van der Waals surface area (Å²) in [6.07, 6.45) is 5.83. The third kappa shape index (κ3) is 3.39. The summed E-state index contributed by atoms with van der Waals surface area (Å²) in [6.45, 7) is 2.44. The first-order valence-electron chi connectivity index (χ1n) is 8.40. The Morgan fingerprint density at radius 1 is 1.00 bits per heavy atom. The van der Waals surface area contributed by atoms with E-state index in [4.69, 9.17) is 9.47 Å². The van der Waals surface area contributed by atoms with Crippen LogP contribution in [0.3, 0.4) is 0 Å². The molecule has 0 saturated carbocycles. The van der Waals surface area contributed by atoms with Crippen LogP contribution in [-0.4, -0.2) is 30.0 Å². The van der Waals surface area contributed by atoms with E-state index >= 15 is 0 Å². The highest BCUT2D eigenvalue weighted by atomic mass is 16.5. The normalized spacial score (nSPS) is 17.8. The predicted octanol–water partition coefficient (Wildman–Crippen LogP) is 4.10. The van der Waals surface area contributed by atoms with Crippen molar-refractivity contribution in [3.63, 3.8) is 0 Å². The fraction of sp³-hybridized carbons (Fsp3) is 0.300. The third-order valence-electron chi connectivity index (χ3n) is 4.47. The predicted molar refractivity (Wildman–Crippen MR) is 94.0 cm³/mol. The van der Waals surface area contributed by atoms with Gasteiger partial charge in [-0.05, 0) is 53.4 Å². The fourth-order valence-corrected chi connectivity index (χ4v) is 3.11. The van der Waals surface area contributed by atoms with Crippen LogP contribution in [0.1, 0.15) is 12.8 Å². The molecule has 3 aromatic rings. The van der Waals surface area contributed by atoms with Gasteiger partial charge in [-0.3, -0.25) is 0 Å². The molecule has 0 N–H and O–H groups in total. The fourth-order valence-electron chi connectivity index (χ4n) is 3.11. The summed E-state index contributed by atoms with van der Waals surface area (Å²) < 4.78 is 11.5. The molecule has 2 heterocycles. The van der Waals surface area contributed by atoms with Gasteiger partial charge in [0, 0.05) is 18.1 Å². The number of hydrogen-bond donors (Lipinski definition) is 0. The number of aromatic nitrogens is 2. The lowest BCUT2D eigenvalue weighted by Crippen LogP contribution is -2.23. The molecule has 1 atom stereocenters. The highest BCUT2D eigenvalue weighted by Crippen LogP contribution is 2.27. The van der Waals surface area contributed by atoms with Crippen molar-refractivity contribution in [2.24, 2.45) is 5.92 Å². The second kappa shape index (κ2) is 6.97. The topological polar surface area (TPSA) is 44.2 Å². The number of rotatable bonds is 4. The molecule has 1 aliphatic rings. The lowest BCUT2D eigenvalue weighted by molar-refractivity contribution is 0.0352. The van der Waals surface area contributed by atoms with E-state index in [0.717, 1.165) is 43.1 Å². The van der Waals surface area contributed by atoms with Crippen LogP contribution in [0, 0.1) is 5.92 Å². The molecule has 2 aromatic carbocycles. The molecule has 0 bridgehead atoms. The monoisotopic (exact) mass is 320 g/mol. The highest BCUT2D eigenvalue weighted by molar-refractivity contribution is 5.88. The maximum Gasteiger partial charge on any atom is 0.119 e. The number of hydrogen-bond acceptors (Lipinski definition) is 4. The van der Waals surface area contributed by atoms with Crippen LogP contribution in [0.4, 0.5) is 0 Å². The maximum absolute atomic E-state index is 5.97. The first-order valence-corrected chi connectivity index (χ1v) is 8.40. The SMILES string of the molecule is c1cc(-c2ccc3cc(OCC4CCCOC4)ccc3c2)cnn1. The van der Waals surface area contributed by atoms with E-state index in [2.05, 4.69) is 40.5 Å². The van der Waals surface area contributed by atoms with Crippen molar-refractivity contribution in [3.8, 4) is 16.9 Å². The Labute approximate surface area is 141 Å². The molecule has 1 saturated heterocycles. The van der Waals surface area contributed by atoms with Crippen molar-refractivity contribution in [3.05, 3.63) is 54.9 Å². The van der Waals surface area contributed by atoms with Gasteiger partial charge in [-0.25, -0.2) is 0 Å². The van der Waals surface area contributed by atoms with Gasteiger partial charge in [-0.2, -0.15) is 10.2 Å². The molecule has 24 heavy (non-hydrogen) atoms. The number of benzene rings is 2. The Balaban J connectivity index is 1.51. The third-order valence-corrected chi connectivity index (χ3v) is 4.47. The molecule has 4 heteroatoms. The zero-order valence-corrected chi connectivity index (χ0v) is 13.5. The molecule has 122 valence electrons. The van der Waals surface area contributed by atoms with Crippen LogP contribution in [0.15, 0.2) is 54.9 Å². The van der Waals surface area contributed by atoms with Crippen molar-refractivity contribution < 1.29 is 9.47 Å². The zero-order chi connectivity index (χ0) is 16.2. The van der Waals surface area contributed by atoms with Crippen LogP contribution in [0.25, 0.3) is 21.9 Å². The average Bonchev–Trinajstić information content (AvgIpc) is 2.67. The van der Waals surface area contributed by atoms with Crippen molar-refractivity contribution in [2.75, 3.05) is 19.8 Å². The number of fused-ring (bicyclic) bond motifs is 1. The first kappa shape index (κ1) is 15.1. The Morgan fingerprint density at radius 3 is 2.75 bits per heavy atom. The number of ether oxygens (including phenoxy) is 2. The van der Waals surface area contributed by atoms with Crippen molar-refractivity contribution >= 4 is 10.8 Å². The molecule has 4 nitrogen and oxygen atoms in total. The quantitative estimate of drug-likeness (QED) is 0.726. The van der Waals surface area contributed by atoms with Crippen LogP contribution in [-0.2, 0) is 4.74 Å². The van der Waals surface area contributed by atoms with E-state index in [-0.39, 0.29) is 0 Å². The molecule has 0 spiro atoms. The highest BCUT2D eigenvalue weighted by Gasteiger charge is 2.14. The lowest BCUT2D eigenvalue weighted by atomic mass is 10.0. The second-order valence-corrected chi connectivity index (χ2v) is 6.25. The molecule has 1 unspecified atom stereocenters. The van der Waals surface area contributed by atoms with Gasteiger partial charge in [-0.1, -0.05) is 18.2 Å². The standard InChI is InChI=1S/C20H20N2O2/c1-2-15(13-23-9-1)14-24-20-6-5-16-10-17(3-4-18(16)11-20)19-7-8-21-22-12-19/h3-8,10-12,15H,1-2,9,13-14H2. The van der Waals surface area contributed by atoms with E-state index in [1.807, 2.05) is 12.1 Å². The van der Waals surface area contributed by atoms with Gasteiger partial charge in [0.1, 0.15) is 5.75 Å². The smallest absolute Gasteiger partial charge is 0.119 e. The van der Waals surface area contributed by atoms with Crippen LogP contribution >= 0.6 is 0 Å². The molecule has 1 aromatic heterocycles. The summed E-state index contributed by atoms with van der Waals surface area (Å²) in [5, 5.41) is 10.1. The molecule has 0 aliphatic carbocycles. The number of nitrogens with zero attached hydrogens (tertiary/aromatic N) is 2. The summed E-state index contributed by atoms with van der Waals surface area (Å²) >= 11 is 0. The second-order valence-electron chi connectivity index (χ2n) is 6.25. The zero-order valence-electron chi connectivity index (χ0n) is 13.5. The van der Waals surface area contributed by atoms with Crippen LogP contribution in [0.5, 0.6) is 5.75 Å². The summed E-state index contributed by atoms with van der Waals surface area (Å²) in [7, 11) is 0. The van der Waals surface area contributed by atoms with Gasteiger partial charge < -0.3 is 9.47 Å². The van der Waals surface area contributed by atoms with E-state index in [1.165, 1.54) is 17.2 Å². The van der Waals surface area contributed by atoms with Gasteiger partial charge in [0.05, 0.1) is 25.6 Å². The molecular formula is C20H20N2O2. The van der Waals surface area contributed by atoms with Crippen molar-refractivity contribution in [2.45, 2.75) is 12.8 Å². The molecule has 0 radical (unpaired) electrons. The minimum atomic E-state index is 0.510. The van der Waals surface area contributed by atoms with Gasteiger partial charge in [0.15, 0.2) is 0 Å². The maximum atomic E-state index is 5.97. The van der Waals surface area contributed by atoms with E-state index in [1.54, 1.807) is 12.4 Å². The van der Waals surface area contributed by atoms with E-state index in [9.17, 15) is 0 Å².